The highest BCUT2D eigenvalue weighted by Gasteiger charge is 2.24. The zero-order valence-corrected chi connectivity index (χ0v) is 18.0. The molecule has 0 saturated carbocycles. The summed E-state index contributed by atoms with van der Waals surface area (Å²) in [6.07, 6.45) is 1.68. The van der Waals surface area contributed by atoms with Crippen molar-refractivity contribution in [3.63, 3.8) is 0 Å². The topological polar surface area (TPSA) is 103 Å². The fourth-order valence-corrected chi connectivity index (χ4v) is 4.00. The van der Waals surface area contributed by atoms with Crippen molar-refractivity contribution in [2.45, 2.75) is 12.6 Å². The molecule has 0 radical (unpaired) electrons. The van der Waals surface area contributed by atoms with Gasteiger partial charge in [0.05, 0.1) is 23.9 Å². The second-order valence-electron chi connectivity index (χ2n) is 7.65. The number of benzene rings is 3. The van der Waals surface area contributed by atoms with Gasteiger partial charge in [0.2, 0.25) is 6.79 Å². The zero-order chi connectivity index (χ0) is 22.2. The number of ether oxygens (including phenoxy) is 2. The van der Waals surface area contributed by atoms with E-state index in [-0.39, 0.29) is 12.8 Å². The van der Waals surface area contributed by atoms with Crippen molar-refractivity contribution in [2.75, 3.05) is 12.1 Å². The number of aromatic amines is 1. The first kappa shape index (κ1) is 19.6. The van der Waals surface area contributed by atoms with E-state index < -0.39 is 0 Å². The Hall–Kier alpha value is -4.11. The molecule has 0 spiro atoms. The van der Waals surface area contributed by atoms with Crippen LogP contribution in [0.25, 0.3) is 11.0 Å². The highest BCUT2D eigenvalue weighted by atomic mass is 35.5. The summed E-state index contributed by atoms with van der Waals surface area (Å²) in [4.78, 5) is 7.44. The molecule has 0 bridgehead atoms. The lowest BCUT2D eigenvalue weighted by molar-refractivity contribution is 0.174. The third-order valence-electron chi connectivity index (χ3n) is 5.52. The van der Waals surface area contributed by atoms with Crippen molar-refractivity contribution in [2.24, 2.45) is 0 Å². The van der Waals surface area contributed by atoms with Gasteiger partial charge in [0.25, 0.3) is 0 Å². The molecule has 1 aliphatic rings. The average Bonchev–Trinajstić information content (AvgIpc) is 3.59. The Morgan fingerprint density at radius 3 is 2.82 bits per heavy atom. The summed E-state index contributed by atoms with van der Waals surface area (Å²) < 4.78 is 12.9. The minimum atomic E-state index is -0.345. The second-order valence-corrected chi connectivity index (χ2v) is 8.08. The molecule has 0 aliphatic carbocycles. The molecule has 3 aromatic carbocycles. The average molecular weight is 460 g/mol. The number of nitrogens with one attached hydrogen (secondary N) is 2. The number of halogens is 1. The van der Waals surface area contributed by atoms with Crippen molar-refractivity contribution in [1.29, 1.82) is 0 Å². The molecule has 3 heterocycles. The number of H-pyrrole nitrogens is 1. The zero-order valence-electron chi connectivity index (χ0n) is 17.3. The standard InChI is InChI=1S/C23H18ClN7O2/c24-16-4-1-14(2-5-16)11-31-23(28-29-30-31)22(15-3-8-20-21(9-15)33-13-32-20)27-17-6-7-18-19(10-17)26-12-25-18/h1-10,12,22,27H,11,13H2,(H,25,26). The van der Waals surface area contributed by atoms with Gasteiger partial charge in [-0.2, -0.15) is 0 Å². The fraction of sp³-hybridized carbons (Fsp3) is 0.130. The molecular formula is C23H18ClN7O2. The third kappa shape index (κ3) is 3.83. The van der Waals surface area contributed by atoms with E-state index in [1.165, 1.54) is 0 Å². The van der Waals surface area contributed by atoms with Gasteiger partial charge in [-0.05, 0) is 64.0 Å². The second kappa shape index (κ2) is 8.10. The molecule has 0 fully saturated rings. The van der Waals surface area contributed by atoms with Gasteiger partial charge in [-0.15, -0.1) is 5.10 Å². The molecule has 5 aromatic rings. The van der Waals surface area contributed by atoms with Crippen LogP contribution in [0.5, 0.6) is 11.5 Å². The number of tetrazole rings is 1. The van der Waals surface area contributed by atoms with Crippen LogP contribution in [0.1, 0.15) is 23.0 Å². The maximum absolute atomic E-state index is 6.04. The van der Waals surface area contributed by atoms with Crippen LogP contribution in [-0.2, 0) is 6.54 Å². The van der Waals surface area contributed by atoms with Gasteiger partial charge >= 0.3 is 0 Å². The molecule has 2 N–H and O–H groups in total. The minimum absolute atomic E-state index is 0.210. The van der Waals surface area contributed by atoms with E-state index in [0.29, 0.717) is 23.1 Å². The van der Waals surface area contributed by atoms with Crippen LogP contribution in [0, 0.1) is 0 Å². The van der Waals surface area contributed by atoms with E-state index in [0.717, 1.165) is 33.6 Å². The van der Waals surface area contributed by atoms with Gasteiger partial charge < -0.3 is 19.8 Å². The number of hydrogen-bond acceptors (Lipinski definition) is 7. The Morgan fingerprint density at radius 2 is 1.91 bits per heavy atom. The number of nitrogens with zero attached hydrogens (tertiary/aromatic N) is 5. The molecule has 0 saturated heterocycles. The molecule has 10 heteroatoms. The Balaban J connectivity index is 1.39. The summed E-state index contributed by atoms with van der Waals surface area (Å²) in [5.41, 5.74) is 4.71. The lowest BCUT2D eigenvalue weighted by Gasteiger charge is -2.20. The predicted octanol–water partition coefficient (Wildman–Crippen LogP) is 4.18. The van der Waals surface area contributed by atoms with Crippen LogP contribution >= 0.6 is 11.6 Å². The Kier molecular flexibility index (Phi) is 4.80. The molecule has 1 atom stereocenters. The minimum Gasteiger partial charge on any atom is -0.454 e. The highest BCUT2D eigenvalue weighted by Crippen LogP contribution is 2.36. The van der Waals surface area contributed by atoms with E-state index in [1.807, 2.05) is 60.7 Å². The molecular weight excluding hydrogens is 442 g/mol. The Bertz CT molecular complexity index is 1430. The summed E-state index contributed by atoms with van der Waals surface area (Å²) in [6.45, 7) is 0.712. The van der Waals surface area contributed by atoms with Crippen LogP contribution in [-0.4, -0.2) is 37.0 Å². The number of anilines is 1. The number of hydrogen-bond donors (Lipinski definition) is 2. The first-order valence-corrected chi connectivity index (χ1v) is 10.7. The van der Waals surface area contributed by atoms with Crippen molar-refractivity contribution >= 4 is 28.3 Å². The summed E-state index contributed by atoms with van der Waals surface area (Å²) >= 11 is 6.04. The van der Waals surface area contributed by atoms with Crippen LogP contribution in [0.3, 0.4) is 0 Å². The SMILES string of the molecule is Clc1ccc(Cn2nnnc2C(Nc2ccc3nc[nH]c3c2)c2ccc3c(c2)OCO3)cc1. The summed E-state index contributed by atoms with van der Waals surface area (Å²) in [7, 11) is 0. The monoisotopic (exact) mass is 459 g/mol. The molecule has 1 aliphatic heterocycles. The van der Waals surface area contributed by atoms with E-state index in [1.54, 1.807) is 11.0 Å². The van der Waals surface area contributed by atoms with Crippen LogP contribution < -0.4 is 14.8 Å². The highest BCUT2D eigenvalue weighted by molar-refractivity contribution is 6.30. The van der Waals surface area contributed by atoms with E-state index in [9.17, 15) is 0 Å². The van der Waals surface area contributed by atoms with Crippen LogP contribution in [0.2, 0.25) is 5.02 Å². The van der Waals surface area contributed by atoms with Gasteiger partial charge in [0.15, 0.2) is 17.3 Å². The lowest BCUT2D eigenvalue weighted by atomic mass is 10.0. The normalized spacial score (nSPS) is 13.4. The molecule has 0 amide bonds. The first-order chi connectivity index (χ1) is 16.2. The molecule has 9 nitrogen and oxygen atoms in total. The van der Waals surface area contributed by atoms with E-state index in [2.05, 4.69) is 30.8 Å². The number of imidazole rings is 1. The summed E-state index contributed by atoms with van der Waals surface area (Å²) in [6, 6.07) is 19.1. The van der Waals surface area contributed by atoms with Gasteiger partial charge in [0, 0.05) is 10.7 Å². The maximum atomic E-state index is 6.04. The third-order valence-corrected chi connectivity index (χ3v) is 5.78. The summed E-state index contributed by atoms with van der Waals surface area (Å²) in [5, 5.41) is 16.8. The van der Waals surface area contributed by atoms with Gasteiger partial charge in [-0.3, -0.25) is 0 Å². The lowest BCUT2D eigenvalue weighted by Crippen LogP contribution is -2.19. The fourth-order valence-electron chi connectivity index (χ4n) is 3.88. The van der Waals surface area contributed by atoms with Gasteiger partial charge in [0.1, 0.15) is 6.04 Å². The van der Waals surface area contributed by atoms with Gasteiger partial charge in [-0.25, -0.2) is 9.67 Å². The number of rotatable bonds is 6. The number of aromatic nitrogens is 6. The molecule has 1 unspecified atom stereocenters. The number of fused-ring (bicyclic) bond motifs is 2. The molecule has 6 rings (SSSR count). The van der Waals surface area contributed by atoms with E-state index >= 15 is 0 Å². The quantitative estimate of drug-likeness (QED) is 0.392. The van der Waals surface area contributed by atoms with Crippen LogP contribution in [0.4, 0.5) is 5.69 Å². The smallest absolute Gasteiger partial charge is 0.231 e. The van der Waals surface area contributed by atoms with Crippen molar-refractivity contribution < 1.29 is 9.47 Å². The van der Waals surface area contributed by atoms with Crippen molar-refractivity contribution in [3.8, 4) is 11.5 Å². The van der Waals surface area contributed by atoms with Crippen molar-refractivity contribution in [1.82, 2.24) is 30.2 Å². The maximum Gasteiger partial charge on any atom is 0.231 e. The summed E-state index contributed by atoms with van der Waals surface area (Å²) in [5.74, 6) is 2.07. The van der Waals surface area contributed by atoms with Crippen LogP contribution in [0.15, 0.2) is 67.0 Å². The molecule has 33 heavy (non-hydrogen) atoms. The molecule has 164 valence electrons. The first-order valence-electron chi connectivity index (χ1n) is 10.3. The van der Waals surface area contributed by atoms with Crippen molar-refractivity contribution in [3.05, 3.63) is 89.0 Å². The Labute approximate surface area is 193 Å². The van der Waals surface area contributed by atoms with Gasteiger partial charge in [-0.1, -0.05) is 29.8 Å². The predicted molar refractivity (Wildman–Crippen MR) is 122 cm³/mol. The Morgan fingerprint density at radius 1 is 1.03 bits per heavy atom. The largest absolute Gasteiger partial charge is 0.454 e. The molecule has 2 aromatic heterocycles. The van der Waals surface area contributed by atoms with E-state index in [4.69, 9.17) is 21.1 Å².